The maximum atomic E-state index is 13.1. The maximum Gasteiger partial charge on any atom is 0.416 e. The third-order valence-corrected chi connectivity index (χ3v) is 4.06. The molecule has 3 rings (SSSR count). The molecule has 0 saturated heterocycles. The van der Waals surface area contributed by atoms with Gasteiger partial charge in [0.15, 0.2) is 5.70 Å². The average molecular weight is 426 g/mol. The van der Waals surface area contributed by atoms with Crippen LogP contribution in [0.15, 0.2) is 57.6 Å². The number of esters is 1. The number of hydrogen-bond acceptors (Lipinski definition) is 4. The van der Waals surface area contributed by atoms with Crippen molar-refractivity contribution in [3.63, 3.8) is 0 Å². The Morgan fingerprint density at radius 2 is 1.92 bits per heavy atom. The first-order valence-electron chi connectivity index (χ1n) is 7.32. The highest BCUT2D eigenvalue weighted by atomic mass is 79.9. The highest BCUT2D eigenvalue weighted by molar-refractivity contribution is 9.10. The third kappa shape index (κ3) is 3.65. The normalized spacial score (nSPS) is 15.8. The van der Waals surface area contributed by atoms with Crippen LogP contribution >= 0.6 is 15.9 Å². The Morgan fingerprint density at radius 1 is 1.19 bits per heavy atom. The highest BCUT2D eigenvalue weighted by Gasteiger charge is 2.33. The second-order valence-electron chi connectivity index (χ2n) is 5.27. The van der Waals surface area contributed by atoms with Crippen LogP contribution < -0.4 is 4.74 Å². The molecule has 0 unspecified atom stereocenters. The van der Waals surface area contributed by atoms with E-state index in [1.807, 2.05) is 0 Å². The van der Waals surface area contributed by atoms with E-state index in [0.29, 0.717) is 15.8 Å². The van der Waals surface area contributed by atoms with E-state index >= 15 is 0 Å². The van der Waals surface area contributed by atoms with Gasteiger partial charge in [0.05, 0.1) is 18.2 Å². The number of nitrogens with zero attached hydrogens (tertiary/aromatic N) is 1. The molecule has 134 valence electrons. The zero-order valence-corrected chi connectivity index (χ0v) is 14.9. The van der Waals surface area contributed by atoms with E-state index < -0.39 is 17.7 Å². The van der Waals surface area contributed by atoms with Gasteiger partial charge in [-0.05, 0) is 35.9 Å². The topological polar surface area (TPSA) is 47.9 Å². The summed E-state index contributed by atoms with van der Waals surface area (Å²) < 4.78 is 50.3. The quantitative estimate of drug-likeness (QED) is 0.523. The molecule has 1 aliphatic rings. The summed E-state index contributed by atoms with van der Waals surface area (Å²) in [7, 11) is 1.44. The number of carbonyl (C=O) groups excluding carboxylic acids is 1. The SMILES string of the molecule is COc1ccc(Br)cc1C1=N/C(=C\c2ccccc2C(F)(F)F)C(=O)O1. The van der Waals surface area contributed by atoms with Crippen molar-refractivity contribution >= 4 is 33.9 Å². The first kappa shape index (κ1) is 18.2. The monoisotopic (exact) mass is 425 g/mol. The summed E-state index contributed by atoms with van der Waals surface area (Å²) in [6.45, 7) is 0. The standard InChI is InChI=1S/C18H11BrF3NO3/c1-25-15-7-6-11(19)9-12(15)16-23-14(17(24)26-16)8-10-4-2-3-5-13(10)18(20,21)22/h2-9H,1H3/b14-8-. The molecule has 0 aromatic heterocycles. The summed E-state index contributed by atoms with van der Waals surface area (Å²) in [6.07, 6.45) is -3.49. The van der Waals surface area contributed by atoms with Crippen molar-refractivity contribution in [1.82, 2.24) is 0 Å². The largest absolute Gasteiger partial charge is 0.496 e. The van der Waals surface area contributed by atoms with Gasteiger partial charge in [-0.1, -0.05) is 34.1 Å². The fourth-order valence-electron chi connectivity index (χ4n) is 2.40. The molecule has 8 heteroatoms. The van der Waals surface area contributed by atoms with E-state index in [4.69, 9.17) is 9.47 Å². The molecule has 0 saturated carbocycles. The minimum atomic E-state index is -4.55. The van der Waals surface area contributed by atoms with Crippen LogP contribution in [-0.4, -0.2) is 19.0 Å². The molecule has 2 aromatic rings. The number of ether oxygens (including phenoxy) is 2. The molecule has 0 N–H and O–H groups in total. The molecule has 0 spiro atoms. The summed E-state index contributed by atoms with van der Waals surface area (Å²) in [5, 5.41) is 0. The zero-order valence-electron chi connectivity index (χ0n) is 13.3. The van der Waals surface area contributed by atoms with Crippen LogP contribution in [0.4, 0.5) is 13.2 Å². The van der Waals surface area contributed by atoms with Gasteiger partial charge in [-0.25, -0.2) is 9.79 Å². The molecule has 1 heterocycles. The average Bonchev–Trinajstić information content (AvgIpc) is 2.95. The van der Waals surface area contributed by atoms with Crippen LogP contribution in [0, 0.1) is 0 Å². The summed E-state index contributed by atoms with van der Waals surface area (Å²) in [4.78, 5) is 16.1. The van der Waals surface area contributed by atoms with Crippen molar-refractivity contribution in [2.75, 3.05) is 7.11 Å². The lowest BCUT2D eigenvalue weighted by Gasteiger charge is -2.09. The molecule has 2 aromatic carbocycles. The minimum absolute atomic E-state index is 0.0381. The number of rotatable bonds is 3. The predicted octanol–water partition coefficient (Wildman–Crippen LogP) is 4.82. The summed E-state index contributed by atoms with van der Waals surface area (Å²) in [5.74, 6) is -0.459. The smallest absolute Gasteiger partial charge is 0.416 e. The molecule has 0 bridgehead atoms. The van der Waals surface area contributed by atoms with Crippen LogP contribution in [0.5, 0.6) is 5.75 Å². The van der Waals surface area contributed by atoms with Gasteiger partial charge in [0.25, 0.3) is 0 Å². The molecule has 1 aliphatic heterocycles. The van der Waals surface area contributed by atoms with Gasteiger partial charge >= 0.3 is 12.1 Å². The van der Waals surface area contributed by atoms with Crippen molar-refractivity contribution < 1.29 is 27.4 Å². The number of aliphatic imine (C=N–C) groups is 1. The number of carbonyl (C=O) groups is 1. The number of hydrogen-bond donors (Lipinski definition) is 0. The molecule has 0 fully saturated rings. The Morgan fingerprint density at radius 3 is 2.62 bits per heavy atom. The number of halogens is 4. The number of alkyl halides is 3. The van der Waals surface area contributed by atoms with E-state index in [2.05, 4.69) is 20.9 Å². The minimum Gasteiger partial charge on any atom is -0.496 e. The second-order valence-corrected chi connectivity index (χ2v) is 6.18. The predicted molar refractivity (Wildman–Crippen MR) is 92.7 cm³/mol. The number of methoxy groups -OCH3 is 1. The van der Waals surface area contributed by atoms with Crippen molar-refractivity contribution in [1.29, 1.82) is 0 Å². The molecular weight excluding hydrogens is 415 g/mol. The Hall–Kier alpha value is -2.61. The van der Waals surface area contributed by atoms with Gasteiger partial charge in [0.2, 0.25) is 5.90 Å². The van der Waals surface area contributed by atoms with Gasteiger partial charge in [-0.3, -0.25) is 0 Å². The lowest BCUT2D eigenvalue weighted by Crippen LogP contribution is -2.08. The van der Waals surface area contributed by atoms with Gasteiger partial charge in [-0.15, -0.1) is 0 Å². The molecule has 0 radical (unpaired) electrons. The van der Waals surface area contributed by atoms with E-state index in [1.54, 1.807) is 18.2 Å². The maximum absolute atomic E-state index is 13.1. The van der Waals surface area contributed by atoms with Crippen molar-refractivity contribution in [2.45, 2.75) is 6.18 Å². The lowest BCUT2D eigenvalue weighted by molar-refractivity contribution is -0.137. The lowest BCUT2D eigenvalue weighted by atomic mass is 10.1. The third-order valence-electron chi connectivity index (χ3n) is 3.57. The first-order valence-corrected chi connectivity index (χ1v) is 8.11. The molecule has 0 aliphatic carbocycles. The van der Waals surface area contributed by atoms with Gasteiger partial charge < -0.3 is 9.47 Å². The van der Waals surface area contributed by atoms with Crippen molar-refractivity contribution in [3.05, 3.63) is 69.3 Å². The van der Waals surface area contributed by atoms with Crippen LogP contribution in [0.1, 0.15) is 16.7 Å². The Kier molecular flexibility index (Phi) is 4.86. The van der Waals surface area contributed by atoms with Gasteiger partial charge in [-0.2, -0.15) is 13.2 Å². The van der Waals surface area contributed by atoms with E-state index in [1.165, 1.54) is 25.3 Å². The number of cyclic esters (lactones) is 1. The van der Waals surface area contributed by atoms with Crippen molar-refractivity contribution in [2.24, 2.45) is 4.99 Å². The second kappa shape index (κ2) is 6.95. The van der Waals surface area contributed by atoms with E-state index in [0.717, 1.165) is 12.1 Å². The zero-order chi connectivity index (χ0) is 18.9. The Balaban J connectivity index is 2.05. The van der Waals surface area contributed by atoms with Gasteiger partial charge in [0.1, 0.15) is 5.75 Å². The van der Waals surface area contributed by atoms with Crippen molar-refractivity contribution in [3.8, 4) is 5.75 Å². The number of benzene rings is 2. The van der Waals surface area contributed by atoms with Crippen LogP contribution in [0.25, 0.3) is 6.08 Å². The van der Waals surface area contributed by atoms with Crippen LogP contribution in [0.3, 0.4) is 0 Å². The summed E-state index contributed by atoms with van der Waals surface area (Å²) in [6, 6.07) is 9.94. The van der Waals surface area contributed by atoms with Crippen LogP contribution in [-0.2, 0) is 15.7 Å². The molecule has 0 atom stereocenters. The van der Waals surface area contributed by atoms with E-state index in [-0.39, 0.29) is 17.2 Å². The molecule has 0 amide bonds. The Bertz CT molecular complexity index is 936. The first-order chi connectivity index (χ1) is 12.3. The fourth-order valence-corrected chi connectivity index (χ4v) is 2.76. The molecule has 26 heavy (non-hydrogen) atoms. The molecule has 4 nitrogen and oxygen atoms in total. The summed E-state index contributed by atoms with van der Waals surface area (Å²) in [5.41, 5.74) is -0.844. The molecular formula is C18H11BrF3NO3. The van der Waals surface area contributed by atoms with Crippen LogP contribution in [0.2, 0.25) is 0 Å². The van der Waals surface area contributed by atoms with Gasteiger partial charge in [0, 0.05) is 4.47 Å². The highest BCUT2D eigenvalue weighted by Crippen LogP contribution is 2.34. The fraction of sp³-hybridized carbons (Fsp3) is 0.111. The summed E-state index contributed by atoms with van der Waals surface area (Å²) >= 11 is 3.30. The van der Waals surface area contributed by atoms with E-state index in [9.17, 15) is 18.0 Å². The Labute approximate surface area is 155 Å².